The van der Waals surface area contributed by atoms with Gasteiger partial charge in [0.15, 0.2) is 0 Å². The Morgan fingerprint density at radius 3 is 2.04 bits per heavy atom. The minimum absolute atomic E-state index is 0.0279. The Kier molecular flexibility index (Phi) is 13.7. The average Bonchev–Trinajstić information content (AvgIpc) is 2.97. The molecule has 0 aliphatic carbocycles. The average molecular weight is 662 g/mol. The number of hydrogen-bond donors (Lipinski definition) is 0. The Labute approximate surface area is 276 Å². The van der Waals surface area contributed by atoms with E-state index < -0.39 is 23.2 Å². The number of unbranched alkanes of at least 4 members (excludes halogenated alkanes) is 8. The van der Waals surface area contributed by atoms with Gasteiger partial charge in [-0.15, -0.1) is 13.2 Å². The number of pyridine rings is 1. The fourth-order valence-electron chi connectivity index (χ4n) is 5.50. The van der Waals surface area contributed by atoms with Gasteiger partial charge in [0.05, 0.1) is 24.2 Å². The monoisotopic (exact) mass is 661 g/mol. The summed E-state index contributed by atoms with van der Waals surface area (Å²) in [6.07, 6.45) is 5.60. The molecule has 0 bridgehead atoms. The molecule has 7 nitrogen and oxygen atoms in total. The van der Waals surface area contributed by atoms with E-state index in [4.69, 9.17) is 13.9 Å². The smallest absolute Gasteiger partial charge is 0.478 e. The standard InChI is InChI=1S/C37H50F3NO6/c1-26(25-35(2,3)4)36(5,6)34(43)45-23-17-13-11-9-7-8-10-12-16-22-44-31-21-20-27-24-29(33(42)46-32(27)41-31)28-18-14-15-19-30(28)47-37(38,39)40/h14-15,18-21,24,26H,7-13,16-17,22-23,25H2,1-6H3. The molecule has 0 aliphatic rings. The highest BCUT2D eigenvalue weighted by Gasteiger charge is 2.37. The van der Waals surface area contributed by atoms with Crippen molar-refractivity contribution in [2.75, 3.05) is 13.2 Å². The molecule has 0 N–H and O–H groups in total. The summed E-state index contributed by atoms with van der Waals surface area (Å²) >= 11 is 0. The molecular formula is C37H50F3NO6. The number of para-hydroxylation sites is 1. The molecule has 1 atom stereocenters. The highest BCUT2D eigenvalue weighted by Crippen LogP contribution is 2.37. The van der Waals surface area contributed by atoms with Crippen molar-refractivity contribution < 1.29 is 36.6 Å². The lowest BCUT2D eigenvalue weighted by Crippen LogP contribution is -2.35. The summed E-state index contributed by atoms with van der Waals surface area (Å²) in [5, 5.41) is 0.444. The van der Waals surface area contributed by atoms with Crippen LogP contribution in [0.4, 0.5) is 13.2 Å². The number of carbonyl (C=O) groups is 1. The zero-order valence-electron chi connectivity index (χ0n) is 28.6. The van der Waals surface area contributed by atoms with E-state index in [1.54, 1.807) is 12.1 Å². The number of benzene rings is 1. The SMILES string of the molecule is CC(CC(C)(C)C)C(C)(C)C(=O)OCCCCCCCCCCCOc1ccc2cc(-c3ccccc3OC(F)(F)F)c(=O)oc2n1. The topological polar surface area (TPSA) is 87.9 Å². The molecule has 2 heterocycles. The van der Waals surface area contributed by atoms with E-state index >= 15 is 0 Å². The number of halogens is 3. The number of fused-ring (bicyclic) bond motifs is 1. The van der Waals surface area contributed by atoms with E-state index in [1.165, 1.54) is 24.3 Å². The van der Waals surface area contributed by atoms with Crippen LogP contribution in [0.15, 0.2) is 51.7 Å². The van der Waals surface area contributed by atoms with Crippen molar-refractivity contribution in [3.05, 3.63) is 52.9 Å². The number of esters is 1. The summed E-state index contributed by atoms with van der Waals surface area (Å²) in [5.74, 6) is -0.0281. The maximum absolute atomic E-state index is 12.8. The summed E-state index contributed by atoms with van der Waals surface area (Å²) in [4.78, 5) is 29.5. The molecule has 0 spiro atoms. The van der Waals surface area contributed by atoms with E-state index in [0.29, 0.717) is 24.5 Å². The van der Waals surface area contributed by atoms with Gasteiger partial charge in [-0.1, -0.05) is 90.8 Å². The number of hydrogen-bond acceptors (Lipinski definition) is 7. The van der Waals surface area contributed by atoms with E-state index in [-0.39, 0.29) is 34.1 Å². The van der Waals surface area contributed by atoms with Crippen molar-refractivity contribution in [3.63, 3.8) is 0 Å². The van der Waals surface area contributed by atoms with Crippen molar-refractivity contribution in [1.29, 1.82) is 0 Å². The third kappa shape index (κ3) is 12.5. The molecule has 1 unspecified atom stereocenters. The van der Waals surface area contributed by atoms with Crippen LogP contribution in [0.1, 0.15) is 106 Å². The van der Waals surface area contributed by atoms with Crippen LogP contribution in [0.2, 0.25) is 0 Å². The number of rotatable bonds is 18. The van der Waals surface area contributed by atoms with E-state index in [9.17, 15) is 22.8 Å². The number of nitrogens with zero attached hydrogens (tertiary/aromatic N) is 1. The molecule has 1 aromatic carbocycles. The van der Waals surface area contributed by atoms with Gasteiger partial charge in [0.2, 0.25) is 11.6 Å². The number of aromatic nitrogens is 1. The second kappa shape index (κ2) is 17.0. The van der Waals surface area contributed by atoms with Gasteiger partial charge in [0, 0.05) is 17.0 Å². The Balaban J connectivity index is 1.30. The van der Waals surface area contributed by atoms with Crippen molar-refractivity contribution >= 4 is 17.1 Å². The van der Waals surface area contributed by atoms with E-state index in [1.807, 2.05) is 13.8 Å². The molecular weight excluding hydrogens is 611 g/mol. The molecule has 0 aliphatic heterocycles. The van der Waals surface area contributed by atoms with Crippen LogP contribution in [0.5, 0.6) is 11.6 Å². The first-order chi connectivity index (χ1) is 22.1. The molecule has 260 valence electrons. The molecule has 0 amide bonds. The van der Waals surface area contributed by atoms with Crippen molar-refractivity contribution in [2.45, 2.75) is 112 Å². The third-order valence-electron chi connectivity index (χ3n) is 8.42. The molecule has 3 rings (SSSR count). The number of alkyl halides is 3. The van der Waals surface area contributed by atoms with Gasteiger partial charge in [-0.25, -0.2) is 4.79 Å². The van der Waals surface area contributed by atoms with Crippen LogP contribution in [-0.4, -0.2) is 30.5 Å². The predicted molar refractivity (Wildman–Crippen MR) is 177 cm³/mol. The summed E-state index contributed by atoms with van der Waals surface area (Å²) in [5.41, 5.74) is -1.18. The Morgan fingerprint density at radius 1 is 0.830 bits per heavy atom. The second-order valence-electron chi connectivity index (χ2n) is 14.1. The summed E-state index contributed by atoms with van der Waals surface area (Å²) in [6.45, 7) is 13.7. The van der Waals surface area contributed by atoms with Gasteiger partial charge in [-0.3, -0.25) is 4.79 Å². The quantitative estimate of drug-likeness (QED) is 0.0990. The molecule has 0 fully saturated rings. The van der Waals surface area contributed by atoms with Crippen molar-refractivity contribution in [3.8, 4) is 22.8 Å². The third-order valence-corrected chi connectivity index (χ3v) is 8.42. The summed E-state index contributed by atoms with van der Waals surface area (Å²) < 4.78 is 59.3. The minimum atomic E-state index is -4.90. The molecule has 10 heteroatoms. The normalized spacial score (nSPS) is 13.0. The molecule has 0 radical (unpaired) electrons. The molecule has 2 aromatic heterocycles. The Hall–Kier alpha value is -3.56. The van der Waals surface area contributed by atoms with Gasteiger partial charge >= 0.3 is 18.0 Å². The fourth-order valence-corrected chi connectivity index (χ4v) is 5.50. The van der Waals surface area contributed by atoms with Crippen molar-refractivity contribution in [2.24, 2.45) is 16.7 Å². The Bertz CT molecular complexity index is 1490. The van der Waals surface area contributed by atoms with Gasteiger partial charge in [-0.2, -0.15) is 4.98 Å². The van der Waals surface area contributed by atoms with E-state index in [0.717, 1.165) is 70.3 Å². The van der Waals surface area contributed by atoms with Crippen molar-refractivity contribution in [1.82, 2.24) is 4.98 Å². The molecule has 0 saturated heterocycles. The van der Waals surface area contributed by atoms with Crippen LogP contribution in [-0.2, 0) is 9.53 Å². The zero-order valence-corrected chi connectivity index (χ0v) is 28.6. The minimum Gasteiger partial charge on any atom is -0.478 e. The first kappa shape index (κ1) is 37.9. The second-order valence-corrected chi connectivity index (χ2v) is 14.1. The van der Waals surface area contributed by atoms with Gasteiger partial charge in [0.25, 0.3) is 0 Å². The zero-order chi connectivity index (χ0) is 34.7. The highest BCUT2D eigenvalue weighted by atomic mass is 19.4. The van der Waals surface area contributed by atoms with E-state index in [2.05, 4.69) is 37.4 Å². The van der Waals surface area contributed by atoms with Crippen LogP contribution >= 0.6 is 0 Å². The fraction of sp³-hybridized carbons (Fsp3) is 0.595. The number of ether oxygens (including phenoxy) is 3. The lowest BCUT2D eigenvalue weighted by molar-refractivity contribution is -0.274. The maximum atomic E-state index is 12.8. The van der Waals surface area contributed by atoms with Crippen LogP contribution < -0.4 is 15.1 Å². The first-order valence-electron chi connectivity index (χ1n) is 16.7. The van der Waals surface area contributed by atoms with Gasteiger partial charge < -0.3 is 18.6 Å². The molecule has 3 aromatic rings. The maximum Gasteiger partial charge on any atom is 0.573 e. The van der Waals surface area contributed by atoms with Crippen LogP contribution in [0.3, 0.4) is 0 Å². The summed E-state index contributed by atoms with van der Waals surface area (Å²) in [7, 11) is 0. The molecule has 47 heavy (non-hydrogen) atoms. The van der Waals surface area contributed by atoms with Crippen LogP contribution in [0.25, 0.3) is 22.2 Å². The Morgan fingerprint density at radius 2 is 1.43 bits per heavy atom. The largest absolute Gasteiger partial charge is 0.573 e. The van der Waals surface area contributed by atoms with Crippen LogP contribution in [0, 0.1) is 16.7 Å². The number of carbonyl (C=O) groups excluding carboxylic acids is 1. The van der Waals surface area contributed by atoms with Gasteiger partial charge in [-0.05, 0) is 62.6 Å². The lowest BCUT2D eigenvalue weighted by atomic mass is 9.72. The highest BCUT2D eigenvalue weighted by molar-refractivity contribution is 5.81. The molecule has 0 saturated carbocycles. The predicted octanol–water partition coefficient (Wildman–Crippen LogP) is 10.3. The van der Waals surface area contributed by atoms with Gasteiger partial charge in [0.1, 0.15) is 5.75 Å². The lowest BCUT2D eigenvalue weighted by Gasteiger charge is -2.34. The summed E-state index contributed by atoms with van der Waals surface area (Å²) in [6, 6.07) is 10.1. The first-order valence-corrected chi connectivity index (χ1v) is 16.7.